The van der Waals surface area contributed by atoms with Crippen LogP contribution in [0.25, 0.3) is 0 Å². The van der Waals surface area contributed by atoms with E-state index in [1.807, 2.05) is 6.92 Å². The number of hydrogen-bond acceptors (Lipinski definition) is 18. The Kier molecular flexibility index (Phi) is 19.6. The van der Waals surface area contributed by atoms with Crippen LogP contribution in [0.5, 0.6) is 0 Å². The topological polar surface area (TPSA) is 333 Å². The molecule has 0 fully saturated rings. The molecule has 0 aromatic heterocycles. The van der Waals surface area contributed by atoms with E-state index in [1.54, 1.807) is 54.4 Å². The van der Waals surface area contributed by atoms with Crippen molar-refractivity contribution in [3.63, 3.8) is 0 Å². The molecular formula is C59H62N2O18S8. The highest BCUT2D eigenvalue weighted by molar-refractivity contribution is 7.93. The molecule has 0 spiro atoms. The highest BCUT2D eigenvalue weighted by Crippen LogP contribution is 2.35. The summed E-state index contributed by atoms with van der Waals surface area (Å²) >= 11 is 0. The lowest BCUT2D eigenvalue weighted by Gasteiger charge is -2.26. The number of quaternary nitrogens is 2. The van der Waals surface area contributed by atoms with Crippen LogP contribution in [-0.2, 0) is 97.5 Å². The average Bonchev–Trinajstić information content (AvgIpc) is 2.10. The highest BCUT2D eigenvalue weighted by atomic mass is 32.2. The SMILES string of the molecule is Cc1ccc(S(=O)(=O)c2ccc(S(=O)(=O)c3ccc(S(=O)(=O)c4ccc(S(=O)(=O)Cc5ccc(S(=O)(=O)c6ccc(S(=O)(=O)c7ccc(S(=O)(=O)c8ccc(S(C)(=O)=O)cc8)cc7)cc6)cc5)c(C[N+](C)(C)C)c4)cc3C[N+](C)(C)C)cc2)cc1.[OH-].[OH-]. The lowest BCUT2D eigenvalue weighted by molar-refractivity contribution is -0.884. The zero-order valence-corrected chi connectivity index (χ0v) is 54.6. The van der Waals surface area contributed by atoms with E-state index in [0.29, 0.717) is 0 Å². The Hall–Kier alpha value is -6.80. The van der Waals surface area contributed by atoms with Crippen molar-refractivity contribution in [1.29, 1.82) is 0 Å². The molecule has 0 bridgehead atoms. The van der Waals surface area contributed by atoms with Gasteiger partial charge in [0.15, 0.2) is 19.7 Å². The van der Waals surface area contributed by atoms with Crippen LogP contribution in [0, 0.1) is 6.92 Å². The summed E-state index contributed by atoms with van der Waals surface area (Å²) in [5, 5.41) is 0. The Morgan fingerprint density at radius 2 is 0.517 bits per heavy atom. The molecule has 8 aromatic carbocycles. The van der Waals surface area contributed by atoms with Gasteiger partial charge in [0.1, 0.15) is 13.1 Å². The van der Waals surface area contributed by atoms with Crippen molar-refractivity contribution in [2.45, 2.75) is 94.3 Å². The van der Waals surface area contributed by atoms with Crippen LogP contribution in [0.15, 0.2) is 251 Å². The maximum Gasteiger partial charge on any atom is 0.207 e. The Bertz CT molecular complexity index is 4880. The van der Waals surface area contributed by atoms with Crippen LogP contribution in [0.3, 0.4) is 0 Å². The Morgan fingerprint density at radius 1 is 0.287 bits per heavy atom. The van der Waals surface area contributed by atoms with Gasteiger partial charge in [-0.15, -0.1) is 0 Å². The summed E-state index contributed by atoms with van der Waals surface area (Å²) in [6.45, 7) is 1.89. The number of benzene rings is 8. The minimum atomic E-state index is -4.46. The number of rotatable bonds is 20. The minimum absolute atomic E-state index is 0. The van der Waals surface area contributed by atoms with Crippen molar-refractivity contribution < 1.29 is 87.3 Å². The summed E-state index contributed by atoms with van der Waals surface area (Å²) < 4.78 is 219. The second-order valence-electron chi connectivity index (χ2n) is 22.3. The van der Waals surface area contributed by atoms with E-state index < -0.39 is 84.5 Å². The molecule has 0 unspecified atom stereocenters. The molecule has 20 nitrogen and oxygen atoms in total. The fourth-order valence-electron chi connectivity index (χ4n) is 9.13. The maximum atomic E-state index is 14.6. The van der Waals surface area contributed by atoms with E-state index >= 15 is 0 Å². The third-order valence-corrected chi connectivity index (χ3v) is 27.1. The normalized spacial score (nSPS) is 13.1. The van der Waals surface area contributed by atoms with E-state index in [2.05, 4.69) is 0 Å². The van der Waals surface area contributed by atoms with Crippen LogP contribution in [-0.4, -0.2) is 136 Å². The van der Waals surface area contributed by atoms with Crippen LogP contribution in [0.1, 0.15) is 22.3 Å². The maximum absolute atomic E-state index is 14.6. The predicted octanol–water partition coefficient (Wildman–Crippen LogP) is 7.43. The number of nitrogens with zero attached hydrogens (tertiary/aromatic N) is 2. The molecule has 87 heavy (non-hydrogen) atoms. The van der Waals surface area contributed by atoms with Gasteiger partial charge in [0.2, 0.25) is 59.0 Å². The van der Waals surface area contributed by atoms with Gasteiger partial charge in [-0.25, -0.2) is 67.3 Å². The molecular weight excluding hydrogens is 1280 g/mol. The Balaban J connectivity index is 0.00000605. The zero-order chi connectivity index (χ0) is 62.7. The van der Waals surface area contributed by atoms with E-state index in [1.165, 1.54) is 84.9 Å². The van der Waals surface area contributed by atoms with Crippen molar-refractivity contribution in [2.24, 2.45) is 0 Å². The molecule has 0 saturated heterocycles. The lowest BCUT2D eigenvalue weighted by atomic mass is 10.2. The fourth-order valence-corrected chi connectivity index (χ4v) is 19.2. The fraction of sp³-hybridized carbons (Fsp3) is 0.186. The monoisotopic (exact) mass is 1340 g/mol. The molecule has 464 valence electrons. The molecule has 0 aliphatic carbocycles. The molecule has 0 aliphatic heterocycles. The van der Waals surface area contributed by atoms with Gasteiger partial charge < -0.3 is 19.9 Å². The molecule has 28 heteroatoms. The summed E-state index contributed by atoms with van der Waals surface area (Å²) in [6.07, 6.45) is 0.974. The minimum Gasteiger partial charge on any atom is -0.870 e. The Morgan fingerprint density at radius 3 is 0.816 bits per heavy atom. The zero-order valence-electron chi connectivity index (χ0n) is 48.0. The van der Waals surface area contributed by atoms with Crippen molar-refractivity contribution in [1.82, 2.24) is 0 Å². The van der Waals surface area contributed by atoms with Crippen LogP contribution < -0.4 is 0 Å². The first kappa shape index (κ1) is 69.3. The molecule has 0 heterocycles. The van der Waals surface area contributed by atoms with Crippen molar-refractivity contribution >= 4 is 78.7 Å². The van der Waals surface area contributed by atoms with Crippen LogP contribution in [0.4, 0.5) is 0 Å². The molecule has 0 aliphatic rings. The van der Waals surface area contributed by atoms with Gasteiger partial charge in [-0.05, 0) is 170 Å². The van der Waals surface area contributed by atoms with Gasteiger partial charge in [-0.1, -0.05) is 29.8 Å². The van der Waals surface area contributed by atoms with E-state index in [-0.39, 0.29) is 118 Å². The summed E-state index contributed by atoms with van der Waals surface area (Å²) in [5.41, 5.74) is 1.34. The van der Waals surface area contributed by atoms with E-state index in [0.717, 1.165) is 96.7 Å². The number of sulfone groups is 8. The first-order chi connectivity index (χ1) is 39.1. The molecule has 0 saturated carbocycles. The summed E-state index contributed by atoms with van der Waals surface area (Å²) in [7, 11) is -22.8. The highest BCUT2D eigenvalue weighted by Gasteiger charge is 2.32. The largest absolute Gasteiger partial charge is 0.870 e. The van der Waals surface area contributed by atoms with E-state index in [4.69, 9.17) is 0 Å². The number of hydrogen-bond donors (Lipinski definition) is 0. The molecule has 2 N–H and O–H groups in total. The van der Waals surface area contributed by atoms with Gasteiger partial charge in [-0.3, -0.25) is 0 Å². The van der Waals surface area contributed by atoms with Crippen LogP contribution >= 0.6 is 0 Å². The first-order valence-corrected chi connectivity index (χ1v) is 37.9. The van der Waals surface area contributed by atoms with Crippen LogP contribution in [0.2, 0.25) is 0 Å². The molecule has 8 aromatic rings. The Labute approximate surface area is 509 Å². The summed E-state index contributed by atoms with van der Waals surface area (Å²) in [4.78, 5) is -2.95. The lowest BCUT2D eigenvalue weighted by Crippen LogP contribution is -2.34. The second kappa shape index (κ2) is 24.6. The average molecular weight is 1340 g/mol. The predicted molar refractivity (Wildman–Crippen MR) is 320 cm³/mol. The van der Waals surface area contributed by atoms with Gasteiger partial charge >= 0.3 is 0 Å². The van der Waals surface area contributed by atoms with Crippen molar-refractivity contribution in [3.05, 3.63) is 204 Å². The smallest absolute Gasteiger partial charge is 0.207 e. The molecule has 0 atom stereocenters. The third-order valence-electron chi connectivity index (χ3n) is 13.4. The van der Waals surface area contributed by atoms with Crippen molar-refractivity contribution in [3.8, 4) is 0 Å². The third kappa shape index (κ3) is 14.9. The summed E-state index contributed by atoms with van der Waals surface area (Å²) in [6, 6.07) is 36.4. The molecule has 8 rings (SSSR count). The molecule has 0 amide bonds. The van der Waals surface area contributed by atoms with Gasteiger partial charge in [-0.2, -0.15) is 0 Å². The van der Waals surface area contributed by atoms with Gasteiger partial charge in [0.25, 0.3) is 0 Å². The summed E-state index contributed by atoms with van der Waals surface area (Å²) in [5.74, 6) is -0.628. The van der Waals surface area contributed by atoms with Gasteiger partial charge in [0, 0.05) is 17.4 Å². The molecule has 0 radical (unpaired) electrons. The van der Waals surface area contributed by atoms with E-state index in [9.17, 15) is 67.3 Å². The second-order valence-corrected chi connectivity index (χ2v) is 38.0. The van der Waals surface area contributed by atoms with Gasteiger partial charge in [0.05, 0.1) is 117 Å². The number of aryl methyl sites for hydroxylation is 1. The first-order valence-electron chi connectivity index (χ1n) is 25.5. The van der Waals surface area contributed by atoms with Crippen molar-refractivity contribution in [2.75, 3.05) is 48.5 Å². The standard InChI is InChI=1S/C59H60N2O16S8.2H2O/c1-42-9-13-47(14-10-42)80(66,67)54-29-31-55(32-30-54)85(76,77)59-36-34-57(38-45(59)40-61(5,6)7)84(74,75)56-33-35-58(44(37-56)39-60(2,3)4)79(64,65)41-43-11-15-48(16-12-43)81(68,69)50-21-23-52(24-22-50)83(72,73)53-27-25-51(26-28-53)82(70,71)49-19-17-46(18-20-49)78(8,62)63;;/h9-38H,39-41H2,1-8H3;2*1H2/q+2;;/p-2. The quantitative estimate of drug-likeness (QED) is 0.0669.